The summed E-state index contributed by atoms with van der Waals surface area (Å²) in [7, 11) is 1.67. The van der Waals surface area contributed by atoms with Crippen LogP contribution in [0.4, 0.5) is 0 Å². The Balaban J connectivity index is 1.57. The van der Waals surface area contributed by atoms with Gasteiger partial charge in [0.25, 0.3) is 5.91 Å². The first-order valence-corrected chi connectivity index (χ1v) is 8.33. The molecule has 0 atom stereocenters. The zero-order chi connectivity index (χ0) is 18.5. The van der Waals surface area contributed by atoms with E-state index in [0.717, 1.165) is 5.75 Å². The number of ether oxygens (including phenoxy) is 1. The van der Waals surface area contributed by atoms with E-state index < -0.39 is 0 Å². The van der Waals surface area contributed by atoms with Gasteiger partial charge in [-0.3, -0.25) is 9.89 Å². The lowest BCUT2D eigenvalue weighted by molar-refractivity contribution is 0.0774. The van der Waals surface area contributed by atoms with Gasteiger partial charge in [0.2, 0.25) is 5.89 Å². The Hall–Kier alpha value is -3.16. The predicted octanol–water partition coefficient (Wildman–Crippen LogP) is 2.77. The monoisotopic (exact) mass is 355 g/mol. The molecule has 0 aliphatic carbocycles. The largest absolute Gasteiger partial charge is 0.487 e. The van der Waals surface area contributed by atoms with E-state index in [9.17, 15) is 4.79 Å². The highest BCUT2D eigenvalue weighted by molar-refractivity contribution is 5.92. The van der Waals surface area contributed by atoms with Crippen LogP contribution in [-0.4, -0.2) is 38.2 Å². The van der Waals surface area contributed by atoms with Crippen molar-refractivity contribution in [1.29, 1.82) is 0 Å². The molecule has 0 spiro atoms. The molecule has 3 rings (SSSR count). The van der Waals surface area contributed by atoms with Crippen molar-refractivity contribution in [2.24, 2.45) is 0 Å². The zero-order valence-electron chi connectivity index (χ0n) is 15.0. The van der Waals surface area contributed by atoms with E-state index in [2.05, 4.69) is 20.3 Å². The van der Waals surface area contributed by atoms with Crippen LogP contribution in [0.3, 0.4) is 0 Å². The molecule has 1 aromatic carbocycles. The number of aromatic amines is 1. The number of hydrogen-bond donors (Lipinski definition) is 1. The summed E-state index contributed by atoms with van der Waals surface area (Å²) < 4.78 is 10.8. The van der Waals surface area contributed by atoms with Gasteiger partial charge < -0.3 is 14.2 Å². The molecule has 0 aliphatic heterocycles. The molecule has 0 radical (unpaired) electrons. The number of amides is 1. The first kappa shape index (κ1) is 17.7. The van der Waals surface area contributed by atoms with Crippen LogP contribution in [0.5, 0.6) is 5.75 Å². The van der Waals surface area contributed by atoms with Crippen LogP contribution in [-0.2, 0) is 13.2 Å². The van der Waals surface area contributed by atoms with Crippen LogP contribution in [0, 0.1) is 0 Å². The van der Waals surface area contributed by atoms with Gasteiger partial charge in [-0.2, -0.15) is 10.1 Å². The van der Waals surface area contributed by atoms with Crippen molar-refractivity contribution >= 4 is 5.91 Å². The highest BCUT2D eigenvalue weighted by Gasteiger charge is 2.18. The standard InChI is InChI=1S/C18H21N5O3/c1-12(2)17-19-16(22-26-17)10-23(3)18(24)15-9-13(20-21-15)11-25-14-7-5-4-6-8-14/h4-9,12H,10-11H2,1-3H3,(H,20,21). The van der Waals surface area contributed by atoms with Gasteiger partial charge in [0, 0.05) is 13.0 Å². The van der Waals surface area contributed by atoms with Crippen molar-refractivity contribution in [1.82, 2.24) is 25.2 Å². The van der Waals surface area contributed by atoms with Gasteiger partial charge in [0.15, 0.2) is 11.5 Å². The number of hydrogen-bond acceptors (Lipinski definition) is 6. The number of aromatic nitrogens is 4. The van der Waals surface area contributed by atoms with E-state index in [1.165, 1.54) is 4.90 Å². The maximum atomic E-state index is 12.5. The lowest BCUT2D eigenvalue weighted by atomic mass is 10.2. The SMILES string of the molecule is CC(C)c1nc(CN(C)C(=O)c2cc(COc3ccccc3)[nH]n2)no1. The molecule has 3 aromatic rings. The molecule has 1 N–H and O–H groups in total. The summed E-state index contributed by atoms with van der Waals surface area (Å²) >= 11 is 0. The molecule has 26 heavy (non-hydrogen) atoms. The number of rotatable bonds is 7. The number of nitrogens with one attached hydrogen (secondary N) is 1. The van der Waals surface area contributed by atoms with E-state index in [1.54, 1.807) is 13.1 Å². The maximum absolute atomic E-state index is 12.5. The van der Waals surface area contributed by atoms with Gasteiger partial charge in [-0.25, -0.2) is 0 Å². The molecule has 1 amide bonds. The number of carbonyl (C=O) groups is 1. The van der Waals surface area contributed by atoms with Crippen molar-refractivity contribution in [2.75, 3.05) is 7.05 Å². The van der Waals surface area contributed by atoms with E-state index in [4.69, 9.17) is 9.26 Å². The van der Waals surface area contributed by atoms with Crippen LogP contribution in [0.25, 0.3) is 0 Å². The quantitative estimate of drug-likeness (QED) is 0.700. The summed E-state index contributed by atoms with van der Waals surface area (Å²) in [4.78, 5) is 18.3. The number of para-hydroxylation sites is 1. The zero-order valence-corrected chi connectivity index (χ0v) is 15.0. The van der Waals surface area contributed by atoms with E-state index in [-0.39, 0.29) is 18.4 Å². The highest BCUT2D eigenvalue weighted by atomic mass is 16.5. The van der Waals surface area contributed by atoms with Gasteiger partial charge in [0.05, 0.1) is 12.2 Å². The van der Waals surface area contributed by atoms with Crippen LogP contribution < -0.4 is 4.74 Å². The first-order chi connectivity index (χ1) is 12.5. The Morgan fingerprint density at radius 1 is 1.31 bits per heavy atom. The second-order valence-electron chi connectivity index (χ2n) is 6.24. The lowest BCUT2D eigenvalue weighted by Crippen LogP contribution is -2.27. The molecule has 136 valence electrons. The van der Waals surface area contributed by atoms with Crippen molar-refractivity contribution in [3.05, 3.63) is 59.5 Å². The number of nitrogens with zero attached hydrogens (tertiary/aromatic N) is 4. The van der Waals surface area contributed by atoms with E-state index in [1.807, 2.05) is 44.2 Å². The third kappa shape index (κ3) is 4.27. The summed E-state index contributed by atoms with van der Waals surface area (Å²) in [6.45, 7) is 4.48. The summed E-state index contributed by atoms with van der Waals surface area (Å²) in [5.74, 6) is 1.69. The topological polar surface area (TPSA) is 97.1 Å². The smallest absolute Gasteiger partial charge is 0.274 e. The normalized spacial score (nSPS) is 10.9. The van der Waals surface area contributed by atoms with Crippen molar-refractivity contribution in [2.45, 2.75) is 32.9 Å². The van der Waals surface area contributed by atoms with Crippen molar-refractivity contribution < 1.29 is 14.1 Å². The molecule has 0 saturated carbocycles. The molecule has 8 heteroatoms. The van der Waals surface area contributed by atoms with Crippen LogP contribution in [0.1, 0.15) is 47.7 Å². The van der Waals surface area contributed by atoms with Crippen LogP contribution in [0.2, 0.25) is 0 Å². The second kappa shape index (κ2) is 7.81. The Bertz CT molecular complexity index is 857. The molecular formula is C18H21N5O3. The lowest BCUT2D eigenvalue weighted by Gasteiger charge is -2.12. The van der Waals surface area contributed by atoms with Gasteiger partial charge in [0.1, 0.15) is 12.4 Å². The Kier molecular flexibility index (Phi) is 5.31. The van der Waals surface area contributed by atoms with E-state index in [0.29, 0.717) is 29.7 Å². The van der Waals surface area contributed by atoms with Gasteiger partial charge in [-0.1, -0.05) is 37.2 Å². The molecule has 0 fully saturated rings. The maximum Gasteiger partial charge on any atom is 0.274 e. The summed E-state index contributed by atoms with van der Waals surface area (Å²) in [6, 6.07) is 11.1. The molecule has 2 aromatic heterocycles. The highest BCUT2D eigenvalue weighted by Crippen LogP contribution is 2.14. The predicted molar refractivity (Wildman–Crippen MR) is 93.5 cm³/mol. The van der Waals surface area contributed by atoms with Gasteiger partial charge in [-0.05, 0) is 18.2 Å². The third-order valence-corrected chi connectivity index (χ3v) is 3.69. The van der Waals surface area contributed by atoms with Crippen LogP contribution in [0.15, 0.2) is 40.9 Å². The molecule has 2 heterocycles. The minimum absolute atomic E-state index is 0.149. The average Bonchev–Trinajstić information content (AvgIpc) is 3.30. The third-order valence-electron chi connectivity index (χ3n) is 3.69. The number of H-pyrrole nitrogens is 1. The first-order valence-electron chi connectivity index (χ1n) is 8.33. The van der Waals surface area contributed by atoms with Crippen LogP contribution >= 0.6 is 0 Å². The van der Waals surface area contributed by atoms with Crippen molar-refractivity contribution in [3.8, 4) is 5.75 Å². The molecule has 8 nitrogen and oxygen atoms in total. The Labute approximate surface area is 151 Å². The second-order valence-corrected chi connectivity index (χ2v) is 6.24. The molecule has 0 aliphatic rings. The number of benzene rings is 1. The summed E-state index contributed by atoms with van der Waals surface area (Å²) in [5.41, 5.74) is 1.03. The molecule has 0 unspecified atom stereocenters. The number of carbonyl (C=O) groups excluding carboxylic acids is 1. The fraction of sp³-hybridized carbons (Fsp3) is 0.333. The van der Waals surface area contributed by atoms with Crippen molar-refractivity contribution in [3.63, 3.8) is 0 Å². The van der Waals surface area contributed by atoms with Gasteiger partial charge >= 0.3 is 0 Å². The Morgan fingerprint density at radius 3 is 2.77 bits per heavy atom. The molecule has 0 bridgehead atoms. The minimum atomic E-state index is -0.233. The molecule has 0 saturated heterocycles. The fourth-order valence-electron chi connectivity index (χ4n) is 2.27. The summed E-state index contributed by atoms with van der Waals surface area (Å²) in [5, 5.41) is 10.8. The molecular weight excluding hydrogens is 334 g/mol. The Morgan fingerprint density at radius 2 is 2.08 bits per heavy atom. The van der Waals surface area contributed by atoms with E-state index >= 15 is 0 Å². The summed E-state index contributed by atoms with van der Waals surface area (Å²) in [6.07, 6.45) is 0. The minimum Gasteiger partial charge on any atom is -0.487 e. The average molecular weight is 355 g/mol. The fourth-order valence-corrected chi connectivity index (χ4v) is 2.27. The van der Waals surface area contributed by atoms with Gasteiger partial charge in [-0.15, -0.1) is 0 Å².